The number of hydrogen-bond acceptors (Lipinski definition) is 5. The molecule has 0 unspecified atom stereocenters. The van der Waals surface area contributed by atoms with Crippen LogP contribution < -0.4 is 9.46 Å². The lowest BCUT2D eigenvalue weighted by molar-refractivity contribution is 0.0982. The fraction of sp³-hybridized carbons (Fsp3) is 0.0833. The van der Waals surface area contributed by atoms with Gasteiger partial charge < -0.3 is 9.30 Å². The van der Waals surface area contributed by atoms with Gasteiger partial charge in [0.05, 0.1) is 18.3 Å². The van der Waals surface area contributed by atoms with Crippen LogP contribution >= 0.6 is 0 Å². The van der Waals surface area contributed by atoms with E-state index in [1.165, 1.54) is 6.07 Å². The summed E-state index contributed by atoms with van der Waals surface area (Å²) < 4.78 is 35.7. The number of sulfonamides is 1. The zero-order valence-corrected chi connectivity index (χ0v) is 18.1. The molecule has 0 spiro atoms. The van der Waals surface area contributed by atoms with Crippen LogP contribution in [0, 0.1) is 0 Å². The first-order chi connectivity index (χ1) is 15.5. The van der Waals surface area contributed by atoms with Crippen molar-refractivity contribution in [3.8, 4) is 16.9 Å². The van der Waals surface area contributed by atoms with Gasteiger partial charge in [-0.1, -0.05) is 54.6 Å². The molecule has 0 bridgehead atoms. The van der Waals surface area contributed by atoms with Crippen LogP contribution in [-0.4, -0.2) is 31.0 Å². The molecule has 7 nitrogen and oxygen atoms in total. The van der Waals surface area contributed by atoms with E-state index in [2.05, 4.69) is 9.71 Å². The Morgan fingerprint density at radius 1 is 0.969 bits per heavy atom. The molecule has 0 aliphatic carbocycles. The average Bonchev–Trinajstić information content (AvgIpc) is 3.32. The lowest BCUT2D eigenvalue weighted by atomic mass is 9.98. The highest BCUT2D eigenvalue weighted by atomic mass is 32.2. The Balaban J connectivity index is 1.67. The van der Waals surface area contributed by atoms with E-state index in [4.69, 9.17) is 4.74 Å². The van der Waals surface area contributed by atoms with E-state index in [0.29, 0.717) is 29.0 Å². The molecule has 0 radical (unpaired) electrons. The van der Waals surface area contributed by atoms with Crippen LogP contribution in [0.3, 0.4) is 0 Å². The predicted octanol–water partition coefficient (Wildman–Crippen LogP) is 3.73. The molecule has 8 heteroatoms. The summed E-state index contributed by atoms with van der Waals surface area (Å²) in [6.45, 7) is 0.309. The Morgan fingerprint density at radius 2 is 1.66 bits per heavy atom. The first-order valence-electron chi connectivity index (χ1n) is 9.83. The summed E-state index contributed by atoms with van der Waals surface area (Å²) in [5.41, 5.74) is 2.04. The maximum atomic E-state index is 13.2. The van der Waals surface area contributed by atoms with Crippen LogP contribution in [0.5, 0.6) is 5.75 Å². The standard InChI is InChI=1S/C24H21N3O4S/c1-31-22-12-6-5-10-20(22)19-9-3-4-11-21(19)24(28)26-32(29,30)23-13-7-2-8-18(23)16-27-15-14-25-17-27/h2-15,17H,16H2,1H3,(H,26,28). The number of carbonyl (C=O) groups excluding carboxylic acids is 1. The maximum absolute atomic E-state index is 13.2. The molecule has 4 rings (SSSR count). The van der Waals surface area contributed by atoms with Gasteiger partial charge in [-0.25, -0.2) is 18.1 Å². The Morgan fingerprint density at radius 3 is 2.41 bits per heavy atom. The highest BCUT2D eigenvalue weighted by Gasteiger charge is 2.24. The molecule has 1 N–H and O–H groups in total. The second-order valence-electron chi connectivity index (χ2n) is 7.02. The van der Waals surface area contributed by atoms with E-state index in [1.54, 1.807) is 78.9 Å². The minimum Gasteiger partial charge on any atom is -0.496 e. The molecule has 4 aromatic rings. The Bertz CT molecular complexity index is 1350. The van der Waals surface area contributed by atoms with Gasteiger partial charge in [-0.05, 0) is 29.3 Å². The third-order valence-corrected chi connectivity index (χ3v) is 6.40. The van der Waals surface area contributed by atoms with Crippen LogP contribution in [-0.2, 0) is 16.6 Å². The number of nitrogens with one attached hydrogen (secondary N) is 1. The second-order valence-corrected chi connectivity index (χ2v) is 8.67. The monoisotopic (exact) mass is 447 g/mol. The van der Waals surface area contributed by atoms with Gasteiger partial charge in [-0.2, -0.15) is 0 Å². The third kappa shape index (κ3) is 4.40. The first kappa shape index (κ1) is 21.3. The van der Waals surface area contributed by atoms with Gasteiger partial charge in [-0.3, -0.25) is 4.79 Å². The van der Waals surface area contributed by atoms with E-state index in [-0.39, 0.29) is 10.5 Å². The number of para-hydroxylation sites is 1. The van der Waals surface area contributed by atoms with Crippen molar-refractivity contribution in [2.45, 2.75) is 11.4 Å². The fourth-order valence-electron chi connectivity index (χ4n) is 3.49. The molecule has 0 fully saturated rings. The average molecular weight is 448 g/mol. The van der Waals surface area contributed by atoms with Crippen molar-refractivity contribution in [2.24, 2.45) is 0 Å². The third-order valence-electron chi connectivity index (χ3n) is 4.97. The van der Waals surface area contributed by atoms with Crippen molar-refractivity contribution in [1.82, 2.24) is 14.3 Å². The number of ether oxygens (including phenoxy) is 1. The molecular weight excluding hydrogens is 426 g/mol. The topological polar surface area (TPSA) is 90.3 Å². The molecule has 1 aromatic heterocycles. The van der Waals surface area contributed by atoms with Crippen LogP contribution in [0.2, 0.25) is 0 Å². The number of imidazole rings is 1. The lowest BCUT2D eigenvalue weighted by Gasteiger charge is -2.15. The highest BCUT2D eigenvalue weighted by molar-refractivity contribution is 7.90. The number of rotatable bonds is 7. The van der Waals surface area contributed by atoms with Crippen molar-refractivity contribution in [3.05, 3.63) is 103 Å². The SMILES string of the molecule is COc1ccccc1-c1ccccc1C(=O)NS(=O)(=O)c1ccccc1Cn1ccnc1. The minimum absolute atomic E-state index is 0.0387. The van der Waals surface area contributed by atoms with Gasteiger partial charge in [-0.15, -0.1) is 0 Å². The van der Waals surface area contributed by atoms with Gasteiger partial charge in [0.25, 0.3) is 15.9 Å². The number of amides is 1. The van der Waals surface area contributed by atoms with Crippen molar-refractivity contribution in [3.63, 3.8) is 0 Å². The summed E-state index contributed by atoms with van der Waals surface area (Å²) in [5.74, 6) is -0.134. The molecule has 0 saturated carbocycles. The zero-order chi connectivity index (χ0) is 22.6. The van der Waals surface area contributed by atoms with Crippen LogP contribution in [0.15, 0.2) is 96.4 Å². The molecule has 0 saturated heterocycles. The van der Waals surface area contributed by atoms with Crippen molar-refractivity contribution in [1.29, 1.82) is 0 Å². The summed E-state index contributed by atoms with van der Waals surface area (Å²) in [6, 6.07) is 20.6. The number of nitrogens with zero attached hydrogens (tertiary/aromatic N) is 2. The first-order valence-corrected chi connectivity index (χ1v) is 11.3. The van der Waals surface area contributed by atoms with Crippen LogP contribution in [0.1, 0.15) is 15.9 Å². The van der Waals surface area contributed by atoms with Crippen LogP contribution in [0.4, 0.5) is 0 Å². The summed E-state index contributed by atoms with van der Waals surface area (Å²) in [5, 5.41) is 0. The van der Waals surface area contributed by atoms with Gasteiger partial charge in [0.2, 0.25) is 0 Å². The lowest BCUT2D eigenvalue weighted by Crippen LogP contribution is -2.31. The normalized spacial score (nSPS) is 11.2. The van der Waals surface area contributed by atoms with Gasteiger partial charge in [0.15, 0.2) is 0 Å². The second kappa shape index (κ2) is 9.07. The predicted molar refractivity (Wildman–Crippen MR) is 121 cm³/mol. The largest absolute Gasteiger partial charge is 0.496 e. The summed E-state index contributed by atoms with van der Waals surface area (Å²) in [4.78, 5) is 17.1. The number of hydrogen-bond donors (Lipinski definition) is 1. The molecular formula is C24H21N3O4S. The Labute approximate surface area is 186 Å². The quantitative estimate of drug-likeness (QED) is 0.466. The number of aromatic nitrogens is 2. The fourth-order valence-corrected chi connectivity index (χ4v) is 4.69. The van der Waals surface area contributed by atoms with Gasteiger partial charge >= 0.3 is 0 Å². The van der Waals surface area contributed by atoms with Crippen molar-refractivity contribution < 1.29 is 17.9 Å². The van der Waals surface area contributed by atoms with E-state index in [9.17, 15) is 13.2 Å². The minimum atomic E-state index is -4.12. The highest BCUT2D eigenvalue weighted by Crippen LogP contribution is 2.32. The molecule has 162 valence electrons. The van der Waals surface area contributed by atoms with Gasteiger partial charge in [0.1, 0.15) is 5.75 Å². The molecule has 32 heavy (non-hydrogen) atoms. The Kier molecular flexibility index (Phi) is 6.04. The summed E-state index contributed by atoms with van der Waals surface area (Å²) >= 11 is 0. The molecule has 0 aliphatic heterocycles. The van der Waals surface area contributed by atoms with E-state index in [1.807, 2.05) is 18.2 Å². The smallest absolute Gasteiger partial charge is 0.265 e. The molecule has 3 aromatic carbocycles. The van der Waals surface area contributed by atoms with E-state index < -0.39 is 15.9 Å². The van der Waals surface area contributed by atoms with Crippen molar-refractivity contribution >= 4 is 15.9 Å². The van der Waals surface area contributed by atoms with Crippen LogP contribution in [0.25, 0.3) is 11.1 Å². The number of benzene rings is 3. The molecule has 0 aliphatic rings. The van der Waals surface area contributed by atoms with Gasteiger partial charge in [0, 0.05) is 30.1 Å². The summed E-state index contributed by atoms with van der Waals surface area (Å²) in [7, 11) is -2.58. The maximum Gasteiger partial charge on any atom is 0.265 e. The molecule has 1 amide bonds. The zero-order valence-electron chi connectivity index (χ0n) is 17.3. The van der Waals surface area contributed by atoms with E-state index in [0.717, 1.165) is 0 Å². The van der Waals surface area contributed by atoms with E-state index >= 15 is 0 Å². The molecule has 0 atom stereocenters. The number of carbonyl (C=O) groups is 1. The molecule has 1 heterocycles. The number of methoxy groups -OCH3 is 1. The Hall–Kier alpha value is -3.91. The summed E-state index contributed by atoms with van der Waals surface area (Å²) in [6.07, 6.45) is 4.96. The van der Waals surface area contributed by atoms with Crippen molar-refractivity contribution in [2.75, 3.05) is 7.11 Å².